The molecule has 3 nitrogen and oxygen atoms in total. The molecule has 1 aromatic rings. The van der Waals surface area contributed by atoms with E-state index in [0.717, 1.165) is 48.5 Å². The lowest BCUT2D eigenvalue weighted by Crippen LogP contribution is -2.44. The first-order valence-electron chi connectivity index (χ1n) is 8.34. The minimum Gasteiger partial charge on any atom is -0.312 e. The van der Waals surface area contributed by atoms with Gasteiger partial charge in [0.05, 0.1) is 16.4 Å². The van der Waals surface area contributed by atoms with Crippen molar-refractivity contribution in [1.82, 2.24) is 15.1 Å². The second-order valence-corrected chi connectivity index (χ2v) is 7.69. The third-order valence-electron chi connectivity index (χ3n) is 4.62. The van der Waals surface area contributed by atoms with Crippen molar-refractivity contribution in [1.29, 1.82) is 0 Å². The molecule has 2 rings (SSSR count). The van der Waals surface area contributed by atoms with E-state index in [4.69, 9.17) is 11.6 Å². The van der Waals surface area contributed by atoms with Crippen molar-refractivity contribution in [3.8, 4) is 0 Å². The molecular weight excluding hydrogens is 282 g/mol. The molecule has 120 valence electrons. The van der Waals surface area contributed by atoms with Crippen molar-refractivity contribution in [3.05, 3.63) is 16.4 Å². The molecular formula is C17H30ClN3. The summed E-state index contributed by atoms with van der Waals surface area (Å²) in [6.07, 6.45) is 4.66. The molecule has 0 aliphatic heterocycles. The number of hydrogen-bond donors (Lipinski definition) is 1. The molecule has 1 heterocycles. The Kier molecular flexibility index (Phi) is 5.37. The average Bonchev–Trinajstić information content (AvgIpc) is 2.69. The maximum atomic E-state index is 6.53. The van der Waals surface area contributed by atoms with E-state index in [2.05, 4.69) is 49.7 Å². The summed E-state index contributed by atoms with van der Waals surface area (Å²) in [5.74, 6) is 1.54. The summed E-state index contributed by atoms with van der Waals surface area (Å²) in [4.78, 5) is 0. The van der Waals surface area contributed by atoms with Gasteiger partial charge in [-0.1, -0.05) is 18.5 Å². The number of nitrogens with one attached hydrogen (secondary N) is 1. The van der Waals surface area contributed by atoms with Crippen LogP contribution < -0.4 is 5.32 Å². The van der Waals surface area contributed by atoms with Gasteiger partial charge in [-0.3, -0.25) is 4.68 Å². The fourth-order valence-corrected chi connectivity index (χ4v) is 3.42. The summed E-state index contributed by atoms with van der Waals surface area (Å²) in [5.41, 5.74) is 2.51. The van der Waals surface area contributed by atoms with Crippen molar-refractivity contribution in [2.24, 2.45) is 11.8 Å². The zero-order valence-corrected chi connectivity index (χ0v) is 14.9. The van der Waals surface area contributed by atoms with E-state index in [9.17, 15) is 0 Å². The van der Waals surface area contributed by atoms with Gasteiger partial charge in [0.2, 0.25) is 0 Å². The Labute approximate surface area is 134 Å². The Balaban J connectivity index is 2.00. The maximum Gasteiger partial charge on any atom is 0.0849 e. The highest BCUT2D eigenvalue weighted by Gasteiger charge is 2.33. The Morgan fingerprint density at radius 1 is 1.24 bits per heavy atom. The third-order valence-corrected chi connectivity index (χ3v) is 5.06. The molecule has 1 aliphatic carbocycles. The summed E-state index contributed by atoms with van der Waals surface area (Å²) in [6, 6.07) is 0. The Hall–Kier alpha value is -0.540. The first-order valence-corrected chi connectivity index (χ1v) is 8.72. The van der Waals surface area contributed by atoms with E-state index in [1.807, 2.05) is 0 Å². The van der Waals surface area contributed by atoms with E-state index in [0.29, 0.717) is 0 Å². The molecule has 21 heavy (non-hydrogen) atoms. The number of aromatic nitrogens is 2. The second kappa shape index (κ2) is 6.70. The first-order chi connectivity index (χ1) is 9.85. The van der Waals surface area contributed by atoms with E-state index < -0.39 is 0 Å². The summed E-state index contributed by atoms with van der Waals surface area (Å²) in [6.45, 7) is 13.0. The van der Waals surface area contributed by atoms with E-state index in [1.165, 1.54) is 18.5 Å². The van der Waals surface area contributed by atoms with Gasteiger partial charge in [-0.25, -0.2) is 0 Å². The summed E-state index contributed by atoms with van der Waals surface area (Å²) < 4.78 is 2.10. The zero-order valence-electron chi connectivity index (χ0n) is 14.2. The van der Waals surface area contributed by atoms with E-state index in [-0.39, 0.29) is 5.54 Å². The van der Waals surface area contributed by atoms with E-state index in [1.54, 1.807) is 0 Å². The molecule has 2 atom stereocenters. The van der Waals surface area contributed by atoms with Crippen molar-refractivity contribution >= 4 is 11.6 Å². The van der Waals surface area contributed by atoms with Gasteiger partial charge in [0.15, 0.2) is 0 Å². The van der Waals surface area contributed by atoms with Crippen LogP contribution in [0.4, 0.5) is 0 Å². The molecule has 0 radical (unpaired) electrons. The van der Waals surface area contributed by atoms with Crippen LogP contribution in [0.25, 0.3) is 0 Å². The molecule has 1 aliphatic rings. The predicted octanol–water partition coefficient (Wildman–Crippen LogP) is 4.08. The van der Waals surface area contributed by atoms with Crippen LogP contribution in [-0.2, 0) is 19.4 Å². The standard InChI is InChI=1S/C17H30ClN3/c1-6-14-16(18)15(21(7-2)20-14)10-12-8-9-13(12)11-19-17(3,4)5/h12-13,19H,6-11H2,1-5H3. The fraction of sp³-hybridized carbons (Fsp3) is 0.824. The number of halogens is 1. The highest BCUT2D eigenvalue weighted by atomic mass is 35.5. The van der Waals surface area contributed by atoms with Crippen LogP contribution in [0.2, 0.25) is 5.02 Å². The molecule has 1 aromatic heterocycles. The minimum absolute atomic E-state index is 0.207. The lowest BCUT2D eigenvalue weighted by molar-refractivity contribution is 0.157. The lowest BCUT2D eigenvalue weighted by Gasteiger charge is -2.39. The van der Waals surface area contributed by atoms with Crippen LogP contribution in [0.15, 0.2) is 0 Å². The molecule has 0 bridgehead atoms. The minimum atomic E-state index is 0.207. The van der Waals surface area contributed by atoms with Gasteiger partial charge in [0.1, 0.15) is 0 Å². The molecule has 4 heteroatoms. The lowest BCUT2D eigenvalue weighted by atomic mass is 9.71. The van der Waals surface area contributed by atoms with Crippen LogP contribution in [0.5, 0.6) is 0 Å². The Morgan fingerprint density at radius 2 is 1.90 bits per heavy atom. The van der Waals surface area contributed by atoms with Crippen LogP contribution in [-0.4, -0.2) is 21.9 Å². The number of nitrogens with zero attached hydrogens (tertiary/aromatic N) is 2. The van der Waals surface area contributed by atoms with Crippen LogP contribution >= 0.6 is 11.6 Å². The number of rotatable bonds is 6. The highest BCUT2D eigenvalue weighted by molar-refractivity contribution is 6.31. The average molecular weight is 312 g/mol. The number of hydrogen-bond acceptors (Lipinski definition) is 2. The number of aryl methyl sites for hydroxylation is 2. The van der Waals surface area contributed by atoms with Crippen molar-refractivity contribution in [3.63, 3.8) is 0 Å². The van der Waals surface area contributed by atoms with Crippen molar-refractivity contribution < 1.29 is 0 Å². The maximum absolute atomic E-state index is 6.53. The first kappa shape index (κ1) is 16.8. The van der Waals surface area contributed by atoms with Crippen molar-refractivity contribution in [2.75, 3.05) is 6.54 Å². The molecule has 0 amide bonds. The van der Waals surface area contributed by atoms with Gasteiger partial charge < -0.3 is 5.32 Å². The molecule has 1 fully saturated rings. The van der Waals surface area contributed by atoms with Gasteiger partial charge in [-0.05, 0) is 71.8 Å². The monoisotopic (exact) mass is 311 g/mol. The normalized spacial score (nSPS) is 22.4. The largest absolute Gasteiger partial charge is 0.312 e. The van der Waals surface area contributed by atoms with E-state index >= 15 is 0 Å². The van der Waals surface area contributed by atoms with Gasteiger partial charge in [0, 0.05) is 12.1 Å². The van der Waals surface area contributed by atoms with Gasteiger partial charge in [0.25, 0.3) is 0 Å². The Morgan fingerprint density at radius 3 is 2.38 bits per heavy atom. The topological polar surface area (TPSA) is 29.9 Å². The Bertz CT molecular complexity index is 473. The summed E-state index contributed by atoms with van der Waals surface area (Å²) in [7, 11) is 0. The molecule has 2 unspecified atom stereocenters. The smallest absolute Gasteiger partial charge is 0.0849 e. The summed E-state index contributed by atoms with van der Waals surface area (Å²) >= 11 is 6.53. The highest BCUT2D eigenvalue weighted by Crippen LogP contribution is 2.38. The van der Waals surface area contributed by atoms with Crippen LogP contribution in [0, 0.1) is 11.8 Å². The molecule has 1 saturated carbocycles. The molecule has 0 aromatic carbocycles. The van der Waals surface area contributed by atoms with Gasteiger partial charge in [-0.15, -0.1) is 0 Å². The summed E-state index contributed by atoms with van der Waals surface area (Å²) in [5, 5.41) is 9.19. The zero-order chi connectivity index (χ0) is 15.6. The molecule has 1 N–H and O–H groups in total. The molecule has 0 saturated heterocycles. The molecule has 0 spiro atoms. The van der Waals surface area contributed by atoms with Crippen LogP contribution in [0.3, 0.4) is 0 Å². The van der Waals surface area contributed by atoms with Crippen molar-refractivity contribution in [2.45, 2.75) is 72.4 Å². The second-order valence-electron chi connectivity index (χ2n) is 7.31. The fourth-order valence-electron chi connectivity index (χ4n) is 3.07. The predicted molar refractivity (Wildman–Crippen MR) is 90.0 cm³/mol. The SMILES string of the molecule is CCc1nn(CC)c(CC2CCC2CNC(C)(C)C)c1Cl. The van der Waals surface area contributed by atoms with Gasteiger partial charge >= 0.3 is 0 Å². The van der Waals surface area contributed by atoms with Gasteiger partial charge in [-0.2, -0.15) is 5.10 Å². The quantitative estimate of drug-likeness (QED) is 0.858. The van der Waals surface area contributed by atoms with Crippen LogP contribution in [0.1, 0.15) is 58.8 Å². The third kappa shape index (κ3) is 4.01.